The summed E-state index contributed by atoms with van der Waals surface area (Å²) in [5.41, 5.74) is 6.58. The van der Waals surface area contributed by atoms with Crippen molar-refractivity contribution in [3.05, 3.63) is 16.6 Å². The van der Waals surface area contributed by atoms with E-state index in [1.165, 1.54) is 41.8 Å². The van der Waals surface area contributed by atoms with Gasteiger partial charge in [-0.1, -0.05) is 38.2 Å². The lowest BCUT2D eigenvalue weighted by atomic mass is 9.48. The van der Waals surface area contributed by atoms with Crippen LogP contribution in [0.4, 0.5) is 5.13 Å². The molecule has 1 aliphatic heterocycles. The van der Waals surface area contributed by atoms with Crippen LogP contribution in [0.15, 0.2) is 6.08 Å². The van der Waals surface area contributed by atoms with Gasteiger partial charge in [-0.05, 0) is 85.6 Å². The highest BCUT2D eigenvalue weighted by Crippen LogP contribution is 2.66. The lowest BCUT2D eigenvalue weighted by Gasteiger charge is -2.56. The second-order valence-corrected chi connectivity index (χ2v) is 12.8. The van der Waals surface area contributed by atoms with Crippen molar-refractivity contribution in [2.24, 2.45) is 28.6 Å². The van der Waals surface area contributed by atoms with Crippen LogP contribution in [0.5, 0.6) is 0 Å². The van der Waals surface area contributed by atoms with Gasteiger partial charge in [0.2, 0.25) is 0 Å². The predicted octanol–water partition coefficient (Wildman–Crippen LogP) is 3.97. The number of fused-ring (bicyclic) bond motifs is 7. The summed E-state index contributed by atoms with van der Waals surface area (Å²) in [5.74, 6) is 2.10. The first-order chi connectivity index (χ1) is 15.8. The number of aliphatic hydroxyl groups excluding tert-OH is 2. The third kappa shape index (κ3) is 3.37. The number of rotatable bonds is 3. The molecule has 0 amide bonds. The Morgan fingerprint density at radius 3 is 2.79 bits per heavy atom. The summed E-state index contributed by atoms with van der Waals surface area (Å²) in [4.78, 5) is 8.65. The first-order valence-electron chi connectivity index (χ1n) is 13.2. The van der Waals surface area contributed by atoms with Crippen LogP contribution in [0.2, 0.25) is 0 Å². The molecule has 1 unspecified atom stereocenters. The van der Waals surface area contributed by atoms with Crippen molar-refractivity contribution in [2.75, 3.05) is 31.6 Å². The lowest BCUT2D eigenvalue weighted by Crippen LogP contribution is -2.54. The molecule has 4 aliphatic carbocycles. The first-order valence-corrected chi connectivity index (χ1v) is 14.0. The van der Waals surface area contributed by atoms with Crippen molar-refractivity contribution in [3.8, 4) is 0 Å². The van der Waals surface area contributed by atoms with Gasteiger partial charge in [0.05, 0.1) is 16.7 Å². The molecule has 2 heterocycles. The lowest BCUT2D eigenvalue weighted by molar-refractivity contribution is -0.0579. The molecule has 5 aliphatic rings. The average molecular weight is 473 g/mol. The molecule has 0 radical (unpaired) electrons. The van der Waals surface area contributed by atoms with Gasteiger partial charge in [0, 0.05) is 19.6 Å². The summed E-state index contributed by atoms with van der Waals surface area (Å²) in [6, 6.07) is 0. The summed E-state index contributed by atoms with van der Waals surface area (Å²) in [7, 11) is 0. The van der Waals surface area contributed by atoms with E-state index in [9.17, 15) is 10.2 Å². The van der Waals surface area contributed by atoms with Crippen molar-refractivity contribution >= 4 is 22.0 Å². The predicted molar refractivity (Wildman–Crippen MR) is 133 cm³/mol. The van der Waals surface area contributed by atoms with Gasteiger partial charge in [-0.25, -0.2) is 4.98 Å². The number of nitrogens with zero attached hydrogens (tertiary/aromatic N) is 3. The van der Waals surface area contributed by atoms with Crippen molar-refractivity contribution in [3.63, 3.8) is 0 Å². The number of anilines is 1. The molecule has 7 atom stereocenters. The smallest absolute Gasteiger partial charge is 0.198 e. The normalized spacial score (nSPS) is 43.3. The van der Waals surface area contributed by atoms with Gasteiger partial charge in [-0.15, -0.1) is 0 Å². The van der Waals surface area contributed by atoms with Crippen molar-refractivity contribution < 1.29 is 10.2 Å². The fourth-order valence-electron chi connectivity index (χ4n) is 8.26. The van der Waals surface area contributed by atoms with E-state index >= 15 is 0 Å². The van der Waals surface area contributed by atoms with Gasteiger partial charge in [0.15, 0.2) is 5.13 Å². The Labute approximate surface area is 202 Å². The maximum absolute atomic E-state index is 10.7. The molecule has 0 spiro atoms. The number of piperazine rings is 1. The van der Waals surface area contributed by atoms with Gasteiger partial charge in [-0.2, -0.15) is 5.01 Å². The molecule has 6 rings (SSSR count). The minimum Gasteiger partial charge on any atom is -0.393 e. The van der Waals surface area contributed by atoms with E-state index in [1.807, 2.05) is 5.01 Å². The number of hydrazine groups is 1. The Bertz CT molecular complexity index is 949. The van der Waals surface area contributed by atoms with E-state index < -0.39 is 6.23 Å². The maximum Gasteiger partial charge on any atom is 0.198 e. The molecule has 1 aromatic heterocycles. The van der Waals surface area contributed by atoms with Crippen LogP contribution in [0, 0.1) is 28.6 Å². The van der Waals surface area contributed by atoms with Crippen molar-refractivity contribution in [1.29, 1.82) is 0 Å². The van der Waals surface area contributed by atoms with Crippen LogP contribution in [0.25, 0.3) is 5.57 Å². The number of likely N-dealkylation sites (N-methyl/N-ethyl adjacent to an activating group) is 1. The molecule has 0 aromatic carbocycles. The Hall–Kier alpha value is -0.990. The number of nitrogens with one attached hydrogen (secondary N) is 1. The van der Waals surface area contributed by atoms with Crippen LogP contribution in [0.1, 0.15) is 69.9 Å². The first kappa shape index (κ1) is 22.5. The number of aliphatic hydroxyl groups is 2. The quantitative estimate of drug-likeness (QED) is 0.618. The number of hydrogen-bond acceptors (Lipinski definition) is 7. The van der Waals surface area contributed by atoms with Gasteiger partial charge < -0.3 is 10.2 Å². The third-order valence-corrected chi connectivity index (χ3v) is 11.4. The second-order valence-electron chi connectivity index (χ2n) is 11.8. The average Bonchev–Trinajstić information content (AvgIpc) is 3.35. The number of aromatic nitrogens is 1. The molecule has 7 heteroatoms. The van der Waals surface area contributed by atoms with Crippen LogP contribution in [-0.2, 0) is 6.42 Å². The zero-order valence-corrected chi connectivity index (χ0v) is 21.2. The number of β-amino-alcohol motifs (C(OH)–C–C–N with tert-alkyl or cyclic N) is 1. The van der Waals surface area contributed by atoms with E-state index in [-0.39, 0.29) is 16.9 Å². The summed E-state index contributed by atoms with van der Waals surface area (Å²) < 4.78 is 0. The Morgan fingerprint density at radius 1 is 1.15 bits per heavy atom. The largest absolute Gasteiger partial charge is 0.393 e. The molecular weight excluding hydrogens is 432 g/mol. The number of aryl methyl sites for hydroxylation is 1. The SMILES string of the molecule is CCN1CCN(Nc2nc3c(s2)C2=CC[C@H]4[C@@H]5CC[C@H](O)[C@@]5(C)CC[C@@H]4[C@@]2(C)CC3)C(O)C1. The number of thiazole rings is 1. The molecular formula is C26H40N4O2S. The molecule has 0 bridgehead atoms. The van der Waals surface area contributed by atoms with Gasteiger partial charge >= 0.3 is 0 Å². The van der Waals surface area contributed by atoms with Crippen LogP contribution in [0.3, 0.4) is 0 Å². The highest BCUT2D eigenvalue weighted by molar-refractivity contribution is 7.16. The molecule has 3 fully saturated rings. The highest BCUT2D eigenvalue weighted by atomic mass is 32.1. The van der Waals surface area contributed by atoms with Gasteiger partial charge in [0.1, 0.15) is 6.23 Å². The Kier molecular flexibility index (Phi) is 5.46. The van der Waals surface area contributed by atoms with E-state index in [2.05, 4.69) is 37.2 Å². The van der Waals surface area contributed by atoms with Crippen LogP contribution in [-0.4, -0.2) is 63.6 Å². The van der Waals surface area contributed by atoms with Gasteiger partial charge in [-0.3, -0.25) is 10.3 Å². The number of hydrogen-bond donors (Lipinski definition) is 3. The molecule has 1 saturated heterocycles. The molecule has 6 nitrogen and oxygen atoms in total. The minimum absolute atomic E-state index is 0.107. The van der Waals surface area contributed by atoms with Crippen molar-refractivity contribution in [1.82, 2.24) is 14.9 Å². The van der Waals surface area contributed by atoms with Crippen LogP contribution >= 0.6 is 11.3 Å². The van der Waals surface area contributed by atoms with E-state index in [1.54, 1.807) is 11.3 Å². The van der Waals surface area contributed by atoms with E-state index in [4.69, 9.17) is 4.98 Å². The number of allylic oxidation sites excluding steroid dienone is 2. The van der Waals surface area contributed by atoms with Gasteiger partial charge in [0.25, 0.3) is 0 Å². The maximum atomic E-state index is 10.7. The Morgan fingerprint density at radius 2 is 2.00 bits per heavy atom. The standard InChI is InChI=1S/C26H40N4O2S/c1-4-29-13-14-30(22(32)15-29)28-24-27-20-10-12-25(2)18-9-11-26(3)17(7-8-21(26)31)16(18)5-6-19(25)23(20)33-24/h6,16-18,21-22,31-32H,4-5,7-15H2,1-3H3,(H,27,28)/t16-,17-,18-,21-,22?,25+,26-/m0/s1. The van der Waals surface area contributed by atoms with E-state index in [0.717, 1.165) is 49.9 Å². The summed E-state index contributed by atoms with van der Waals surface area (Å²) in [6.07, 6.45) is 9.92. The fourth-order valence-corrected chi connectivity index (χ4v) is 9.46. The molecule has 33 heavy (non-hydrogen) atoms. The molecule has 3 N–H and O–H groups in total. The second kappa shape index (κ2) is 8.02. The molecule has 182 valence electrons. The summed E-state index contributed by atoms with van der Waals surface area (Å²) in [5, 5.41) is 24.2. The zero-order valence-electron chi connectivity index (χ0n) is 20.4. The van der Waals surface area contributed by atoms with Crippen LogP contribution < -0.4 is 5.43 Å². The third-order valence-electron chi connectivity index (χ3n) is 10.4. The molecule has 1 aromatic rings. The zero-order chi connectivity index (χ0) is 23.0. The van der Waals surface area contributed by atoms with Crippen molar-refractivity contribution in [2.45, 2.75) is 78.0 Å². The minimum atomic E-state index is -0.502. The molecule has 2 saturated carbocycles. The fraction of sp³-hybridized carbons (Fsp3) is 0.808. The van der Waals surface area contributed by atoms with E-state index in [0.29, 0.717) is 18.4 Å². The summed E-state index contributed by atoms with van der Waals surface area (Å²) >= 11 is 1.78. The topological polar surface area (TPSA) is 71.9 Å². The summed E-state index contributed by atoms with van der Waals surface area (Å²) in [6.45, 7) is 10.4. The monoisotopic (exact) mass is 472 g/mol. The highest BCUT2D eigenvalue weighted by Gasteiger charge is 2.58. The Balaban J connectivity index is 1.25.